The van der Waals surface area contributed by atoms with Crippen molar-refractivity contribution in [2.24, 2.45) is 5.92 Å². The molecule has 0 aliphatic heterocycles. The fourth-order valence-corrected chi connectivity index (χ4v) is 1.56. The Morgan fingerprint density at radius 3 is 2.79 bits per heavy atom. The zero-order valence-electron chi connectivity index (χ0n) is 10.7. The Bertz CT molecular complexity index is 426. The van der Waals surface area contributed by atoms with Crippen molar-refractivity contribution in [1.29, 1.82) is 0 Å². The molecule has 1 unspecified atom stereocenters. The van der Waals surface area contributed by atoms with Crippen LogP contribution >= 0.6 is 23.2 Å². The molecule has 0 spiro atoms. The lowest BCUT2D eigenvalue weighted by atomic mass is 10.2. The minimum atomic E-state index is -0.111. The average Bonchev–Trinajstić information content (AvgIpc) is 2.40. The summed E-state index contributed by atoms with van der Waals surface area (Å²) in [7, 11) is 0. The Hall–Kier alpha value is -0.970. The molecule has 0 aliphatic carbocycles. The van der Waals surface area contributed by atoms with E-state index in [9.17, 15) is 4.79 Å². The fraction of sp³-hybridized carbons (Fsp3) is 0.462. The van der Waals surface area contributed by atoms with Crippen molar-refractivity contribution < 1.29 is 14.6 Å². The van der Waals surface area contributed by atoms with Crippen LogP contribution in [-0.2, 0) is 4.79 Å². The fourth-order valence-electron chi connectivity index (χ4n) is 1.27. The van der Waals surface area contributed by atoms with Gasteiger partial charge in [-0.25, -0.2) is 0 Å². The van der Waals surface area contributed by atoms with Crippen LogP contribution in [0.15, 0.2) is 18.2 Å². The van der Waals surface area contributed by atoms with E-state index in [-0.39, 0.29) is 31.5 Å². The summed E-state index contributed by atoms with van der Waals surface area (Å²) in [4.78, 5) is 11.5. The second-order valence-electron chi connectivity index (χ2n) is 4.27. The van der Waals surface area contributed by atoms with Gasteiger partial charge in [0.05, 0.1) is 23.1 Å². The van der Waals surface area contributed by atoms with Gasteiger partial charge in [0.2, 0.25) is 5.91 Å². The van der Waals surface area contributed by atoms with Gasteiger partial charge in [0.15, 0.2) is 0 Å². The number of halogens is 2. The molecule has 2 N–H and O–H groups in total. The Balaban J connectivity index is 2.26. The predicted molar refractivity (Wildman–Crippen MR) is 75.8 cm³/mol. The number of rotatable bonds is 7. The molecular formula is C13H17Cl2NO3. The standard InChI is InChI=1S/C13H17Cl2NO3/c1-9(8-17)7-16-13(18)4-5-19-10-2-3-11(14)12(15)6-10/h2-3,6,9,17H,4-5,7-8H2,1H3,(H,16,18). The third kappa shape index (κ3) is 6.14. The van der Waals surface area contributed by atoms with Crippen molar-refractivity contribution in [2.75, 3.05) is 19.8 Å². The van der Waals surface area contributed by atoms with Crippen LogP contribution in [0.4, 0.5) is 0 Å². The van der Waals surface area contributed by atoms with Crippen molar-refractivity contribution >= 4 is 29.1 Å². The summed E-state index contributed by atoms with van der Waals surface area (Å²) < 4.78 is 5.39. The normalized spacial score (nSPS) is 12.0. The smallest absolute Gasteiger partial charge is 0.223 e. The molecule has 0 heterocycles. The minimum Gasteiger partial charge on any atom is -0.493 e. The Morgan fingerprint density at radius 2 is 2.16 bits per heavy atom. The van der Waals surface area contributed by atoms with E-state index in [1.54, 1.807) is 18.2 Å². The van der Waals surface area contributed by atoms with Crippen molar-refractivity contribution in [3.8, 4) is 5.75 Å². The van der Waals surface area contributed by atoms with Crippen LogP contribution < -0.4 is 10.1 Å². The summed E-state index contributed by atoms with van der Waals surface area (Å²) in [5.41, 5.74) is 0. The highest BCUT2D eigenvalue weighted by atomic mass is 35.5. The molecule has 0 aromatic heterocycles. The first-order chi connectivity index (χ1) is 9.02. The molecule has 0 fully saturated rings. The van der Waals surface area contributed by atoms with Crippen molar-refractivity contribution in [3.05, 3.63) is 28.2 Å². The third-order valence-corrected chi connectivity index (χ3v) is 3.19. The number of carbonyl (C=O) groups is 1. The van der Waals surface area contributed by atoms with Crippen molar-refractivity contribution in [1.82, 2.24) is 5.32 Å². The van der Waals surface area contributed by atoms with Gasteiger partial charge in [0.25, 0.3) is 0 Å². The number of carbonyl (C=O) groups excluding carboxylic acids is 1. The van der Waals surface area contributed by atoms with Gasteiger partial charge in [-0.1, -0.05) is 30.1 Å². The molecular weight excluding hydrogens is 289 g/mol. The van der Waals surface area contributed by atoms with E-state index in [1.807, 2.05) is 6.92 Å². The summed E-state index contributed by atoms with van der Waals surface area (Å²) in [6.45, 7) is 2.63. The molecule has 0 bridgehead atoms. The minimum absolute atomic E-state index is 0.0555. The molecule has 0 radical (unpaired) electrons. The quantitative estimate of drug-likeness (QED) is 0.814. The van der Waals surface area contributed by atoms with E-state index in [0.29, 0.717) is 22.3 Å². The van der Waals surface area contributed by atoms with Crippen LogP contribution in [0.2, 0.25) is 10.0 Å². The zero-order valence-corrected chi connectivity index (χ0v) is 12.2. The van der Waals surface area contributed by atoms with Crippen LogP contribution in [0.3, 0.4) is 0 Å². The second kappa shape index (κ2) is 8.25. The van der Waals surface area contributed by atoms with Gasteiger partial charge in [-0.3, -0.25) is 4.79 Å². The van der Waals surface area contributed by atoms with E-state index in [2.05, 4.69) is 5.32 Å². The molecule has 0 aliphatic rings. The zero-order chi connectivity index (χ0) is 14.3. The van der Waals surface area contributed by atoms with Gasteiger partial charge in [-0.15, -0.1) is 0 Å². The summed E-state index contributed by atoms with van der Waals surface area (Å²) in [5, 5.41) is 12.4. The number of aliphatic hydroxyl groups excluding tert-OH is 1. The number of amides is 1. The van der Waals surface area contributed by atoms with Gasteiger partial charge in [0.1, 0.15) is 5.75 Å². The largest absolute Gasteiger partial charge is 0.493 e. The third-order valence-electron chi connectivity index (χ3n) is 2.45. The second-order valence-corrected chi connectivity index (χ2v) is 5.08. The summed E-state index contributed by atoms with van der Waals surface area (Å²) in [6, 6.07) is 4.94. The lowest BCUT2D eigenvalue weighted by Crippen LogP contribution is -2.30. The Kier molecular flexibility index (Phi) is 6.99. The molecule has 4 nitrogen and oxygen atoms in total. The average molecular weight is 306 g/mol. The molecule has 1 rings (SSSR count). The first-order valence-corrected chi connectivity index (χ1v) is 6.74. The van der Waals surface area contributed by atoms with Crippen LogP contribution in [0.1, 0.15) is 13.3 Å². The summed E-state index contributed by atoms with van der Waals surface area (Å²) in [5.74, 6) is 0.520. The number of hydrogen-bond acceptors (Lipinski definition) is 3. The molecule has 6 heteroatoms. The maximum atomic E-state index is 11.5. The van der Waals surface area contributed by atoms with E-state index in [1.165, 1.54) is 0 Å². The SMILES string of the molecule is CC(CO)CNC(=O)CCOc1ccc(Cl)c(Cl)c1. The topological polar surface area (TPSA) is 58.6 Å². The van der Waals surface area contributed by atoms with E-state index >= 15 is 0 Å². The van der Waals surface area contributed by atoms with Gasteiger partial charge < -0.3 is 15.2 Å². The monoisotopic (exact) mass is 305 g/mol. The van der Waals surface area contributed by atoms with Crippen molar-refractivity contribution in [3.63, 3.8) is 0 Å². The van der Waals surface area contributed by atoms with Crippen LogP contribution in [0, 0.1) is 5.92 Å². The molecule has 1 atom stereocenters. The molecule has 0 saturated carbocycles. The van der Waals surface area contributed by atoms with E-state index in [4.69, 9.17) is 33.0 Å². The first kappa shape index (κ1) is 16.1. The maximum absolute atomic E-state index is 11.5. The molecule has 19 heavy (non-hydrogen) atoms. The number of aliphatic hydroxyl groups is 1. The maximum Gasteiger partial charge on any atom is 0.223 e. The number of nitrogens with one attached hydrogen (secondary N) is 1. The lowest BCUT2D eigenvalue weighted by Gasteiger charge is -2.10. The lowest BCUT2D eigenvalue weighted by molar-refractivity contribution is -0.121. The highest BCUT2D eigenvalue weighted by Crippen LogP contribution is 2.26. The first-order valence-electron chi connectivity index (χ1n) is 5.98. The molecule has 1 aromatic rings. The molecule has 1 aromatic carbocycles. The van der Waals surface area contributed by atoms with Crippen LogP contribution in [0.5, 0.6) is 5.75 Å². The Labute approximate surface area is 122 Å². The highest BCUT2D eigenvalue weighted by molar-refractivity contribution is 6.42. The predicted octanol–water partition coefficient (Wildman–Crippen LogP) is 2.51. The number of hydrogen-bond donors (Lipinski definition) is 2. The molecule has 1 amide bonds. The van der Waals surface area contributed by atoms with E-state index in [0.717, 1.165) is 0 Å². The van der Waals surface area contributed by atoms with Gasteiger partial charge in [0, 0.05) is 19.2 Å². The van der Waals surface area contributed by atoms with Crippen LogP contribution in [-0.4, -0.2) is 30.8 Å². The number of benzene rings is 1. The van der Waals surface area contributed by atoms with E-state index < -0.39 is 0 Å². The highest BCUT2D eigenvalue weighted by Gasteiger charge is 2.05. The summed E-state index contributed by atoms with van der Waals surface area (Å²) >= 11 is 11.6. The molecule has 106 valence electrons. The Morgan fingerprint density at radius 1 is 1.42 bits per heavy atom. The van der Waals surface area contributed by atoms with Gasteiger partial charge >= 0.3 is 0 Å². The van der Waals surface area contributed by atoms with Gasteiger partial charge in [-0.2, -0.15) is 0 Å². The van der Waals surface area contributed by atoms with Crippen LogP contribution in [0.25, 0.3) is 0 Å². The summed E-state index contributed by atoms with van der Waals surface area (Å²) in [6.07, 6.45) is 0.248. The number of ether oxygens (including phenoxy) is 1. The van der Waals surface area contributed by atoms with Crippen molar-refractivity contribution in [2.45, 2.75) is 13.3 Å². The van der Waals surface area contributed by atoms with Gasteiger partial charge in [-0.05, 0) is 18.1 Å². The molecule has 0 saturated heterocycles.